The number of aromatic amines is 1. The fraction of sp³-hybridized carbons (Fsp3) is 0.231. The summed E-state index contributed by atoms with van der Waals surface area (Å²) in [6, 6.07) is 15.6. The summed E-state index contributed by atoms with van der Waals surface area (Å²) in [5, 5.41) is 1.02. The molecule has 0 spiro atoms. The molecule has 4 aromatic heterocycles. The van der Waals surface area contributed by atoms with Crippen LogP contribution in [0.3, 0.4) is 0 Å². The molecule has 5 aromatic rings. The molecule has 1 aliphatic heterocycles. The van der Waals surface area contributed by atoms with Crippen LogP contribution in [-0.2, 0) is 0 Å². The second kappa shape index (κ2) is 8.07. The van der Waals surface area contributed by atoms with E-state index in [1.807, 2.05) is 49.4 Å². The van der Waals surface area contributed by atoms with Crippen LogP contribution in [0.5, 0.6) is 0 Å². The Balaban J connectivity index is 1.55. The summed E-state index contributed by atoms with van der Waals surface area (Å²) >= 11 is 0. The van der Waals surface area contributed by atoms with Gasteiger partial charge in [0.2, 0.25) is 0 Å². The van der Waals surface area contributed by atoms with Crippen molar-refractivity contribution in [3.63, 3.8) is 0 Å². The number of fused-ring (bicyclic) bond motifs is 2. The molecule has 34 heavy (non-hydrogen) atoms. The van der Waals surface area contributed by atoms with Gasteiger partial charge in [-0.2, -0.15) is 0 Å². The molecule has 170 valence electrons. The van der Waals surface area contributed by atoms with Crippen LogP contribution in [0.15, 0.2) is 63.9 Å². The van der Waals surface area contributed by atoms with E-state index in [4.69, 9.17) is 14.4 Å². The van der Waals surface area contributed by atoms with E-state index in [0.717, 1.165) is 48.4 Å². The third-order valence-electron chi connectivity index (χ3n) is 6.35. The van der Waals surface area contributed by atoms with Gasteiger partial charge in [0.15, 0.2) is 11.4 Å². The number of benzene rings is 1. The highest BCUT2D eigenvalue weighted by molar-refractivity contribution is 5.89. The smallest absolute Gasteiger partial charge is 0.273 e. The van der Waals surface area contributed by atoms with Crippen LogP contribution in [0.1, 0.15) is 5.76 Å². The number of rotatable bonds is 3. The van der Waals surface area contributed by atoms with Gasteiger partial charge < -0.3 is 19.2 Å². The summed E-state index contributed by atoms with van der Waals surface area (Å²) in [5.41, 5.74) is 4.67. The number of hydrogen-bond acceptors (Lipinski definition) is 7. The quantitative estimate of drug-likeness (QED) is 0.445. The van der Waals surface area contributed by atoms with Crippen molar-refractivity contribution >= 4 is 27.8 Å². The summed E-state index contributed by atoms with van der Waals surface area (Å²) in [4.78, 5) is 34.5. The SMILES string of the molecule is Cc1ccc(-c2nc3[nH]c(=O)c(N4CCN(C)CC4)cc3nc2-c2ccc3ncccc3c2)o1. The molecule has 1 aromatic carbocycles. The number of hydrogen-bond donors (Lipinski definition) is 1. The zero-order valence-electron chi connectivity index (χ0n) is 19.1. The van der Waals surface area contributed by atoms with Crippen molar-refractivity contribution in [2.45, 2.75) is 6.92 Å². The summed E-state index contributed by atoms with van der Waals surface area (Å²) in [6.07, 6.45) is 1.78. The van der Waals surface area contributed by atoms with Crippen molar-refractivity contribution in [3.8, 4) is 22.7 Å². The predicted molar refractivity (Wildman–Crippen MR) is 133 cm³/mol. The number of nitrogens with one attached hydrogen (secondary N) is 1. The van der Waals surface area contributed by atoms with Gasteiger partial charge >= 0.3 is 0 Å². The van der Waals surface area contributed by atoms with Gasteiger partial charge in [0.1, 0.15) is 28.4 Å². The molecule has 1 fully saturated rings. The maximum atomic E-state index is 13.0. The molecule has 6 rings (SSSR count). The Morgan fingerprint density at radius 2 is 1.79 bits per heavy atom. The molecule has 0 atom stereocenters. The number of aryl methyl sites for hydroxylation is 1. The van der Waals surface area contributed by atoms with Crippen LogP contribution < -0.4 is 10.5 Å². The largest absolute Gasteiger partial charge is 0.460 e. The van der Waals surface area contributed by atoms with E-state index in [0.29, 0.717) is 34.0 Å². The predicted octanol–water partition coefficient (Wildman–Crippen LogP) is 3.85. The van der Waals surface area contributed by atoms with E-state index in [1.54, 1.807) is 6.20 Å². The van der Waals surface area contributed by atoms with Crippen LogP contribution >= 0.6 is 0 Å². The molecular formula is C26H24N6O2. The van der Waals surface area contributed by atoms with E-state index in [9.17, 15) is 4.79 Å². The average Bonchev–Trinajstić information content (AvgIpc) is 3.29. The Bertz CT molecular complexity index is 1580. The van der Waals surface area contributed by atoms with E-state index in [2.05, 4.69) is 32.9 Å². The number of anilines is 1. The third-order valence-corrected chi connectivity index (χ3v) is 6.35. The first kappa shape index (κ1) is 20.6. The standard InChI is InChI=1S/C26H24N6O2/c1-16-5-8-22(34-16)24-23(18-6-7-19-17(14-18)4-3-9-27-19)28-20-15-21(26(33)30-25(20)29-24)32-12-10-31(2)11-13-32/h3-9,14-15H,10-13H2,1-2H3,(H,29,30,33). The second-order valence-electron chi connectivity index (χ2n) is 8.75. The highest BCUT2D eigenvalue weighted by Gasteiger charge is 2.21. The van der Waals surface area contributed by atoms with Gasteiger partial charge in [0.25, 0.3) is 5.56 Å². The van der Waals surface area contributed by atoms with Crippen LogP contribution in [0.4, 0.5) is 5.69 Å². The first-order valence-corrected chi connectivity index (χ1v) is 11.4. The number of likely N-dealkylation sites (N-methyl/N-ethyl adjacent to an activating group) is 1. The van der Waals surface area contributed by atoms with Crippen molar-refractivity contribution in [3.05, 3.63) is 70.8 Å². The lowest BCUT2D eigenvalue weighted by Gasteiger charge is -2.33. The molecule has 8 nitrogen and oxygen atoms in total. The van der Waals surface area contributed by atoms with E-state index in [1.165, 1.54) is 0 Å². The van der Waals surface area contributed by atoms with Crippen molar-refractivity contribution in [2.24, 2.45) is 0 Å². The van der Waals surface area contributed by atoms with Crippen LogP contribution in [0.25, 0.3) is 44.8 Å². The lowest BCUT2D eigenvalue weighted by atomic mass is 10.0. The van der Waals surface area contributed by atoms with E-state index >= 15 is 0 Å². The maximum Gasteiger partial charge on any atom is 0.273 e. The van der Waals surface area contributed by atoms with Gasteiger partial charge in [-0.05, 0) is 50.4 Å². The molecule has 0 bridgehead atoms. The lowest BCUT2D eigenvalue weighted by Crippen LogP contribution is -2.46. The van der Waals surface area contributed by atoms with Crippen LogP contribution in [0, 0.1) is 6.92 Å². The first-order valence-electron chi connectivity index (χ1n) is 11.4. The minimum atomic E-state index is -0.155. The van der Waals surface area contributed by atoms with Crippen LogP contribution in [0.2, 0.25) is 0 Å². The molecule has 5 heterocycles. The van der Waals surface area contributed by atoms with Crippen LogP contribution in [-0.4, -0.2) is 58.1 Å². The summed E-state index contributed by atoms with van der Waals surface area (Å²) < 4.78 is 5.91. The molecule has 0 unspecified atom stereocenters. The fourth-order valence-electron chi connectivity index (χ4n) is 4.45. The molecule has 1 aliphatic rings. The molecule has 0 amide bonds. The number of piperazine rings is 1. The first-order chi connectivity index (χ1) is 16.5. The highest BCUT2D eigenvalue weighted by atomic mass is 16.3. The van der Waals surface area contributed by atoms with Crippen molar-refractivity contribution in [1.82, 2.24) is 24.8 Å². The third kappa shape index (κ3) is 3.62. The molecule has 1 saturated heterocycles. The van der Waals surface area contributed by atoms with Gasteiger partial charge in [-0.15, -0.1) is 0 Å². The fourth-order valence-corrected chi connectivity index (χ4v) is 4.45. The Hall–Kier alpha value is -4.04. The molecular weight excluding hydrogens is 428 g/mol. The zero-order valence-corrected chi connectivity index (χ0v) is 19.1. The molecule has 8 heteroatoms. The number of H-pyrrole nitrogens is 1. The number of nitrogens with zero attached hydrogens (tertiary/aromatic N) is 5. The second-order valence-corrected chi connectivity index (χ2v) is 8.75. The van der Waals surface area contributed by atoms with Gasteiger partial charge in [-0.25, -0.2) is 9.97 Å². The topological polar surface area (TPSA) is 91.2 Å². The van der Waals surface area contributed by atoms with Gasteiger partial charge in [0.05, 0.1) is 5.52 Å². The normalized spacial score (nSPS) is 14.8. The van der Waals surface area contributed by atoms with Gasteiger partial charge in [-0.3, -0.25) is 9.78 Å². The maximum absolute atomic E-state index is 13.0. The Labute approximate surface area is 195 Å². The monoisotopic (exact) mass is 452 g/mol. The summed E-state index contributed by atoms with van der Waals surface area (Å²) in [5.74, 6) is 1.39. The summed E-state index contributed by atoms with van der Waals surface area (Å²) in [7, 11) is 2.09. The van der Waals surface area contributed by atoms with Crippen molar-refractivity contribution in [2.75, 3.05) is 38.1 Å². The number of aromatic nitrogens is 4. The molecule has 0 radical (unpaired) electrons. The Kier molecular flexibility index (Phi) is 4.88. The Morgan fingerprint density at radius 3 is 2.59 bits per heavy atom. The lowest BCUT2D eigenvalue weighted by molar-refractivity contribution is 0.312. The van der Waals surface area contributed by atoms with E-state index in [-0.39, 0.29) is 5.56 Å². The average molecular weight is 453 g/mol. The minimum Gasteiger partial charge on any atom is -0.460 e. The van der Waals surface area contributed by atoms with Crippen molar-refractivity contribution < 1.29 is 4.42 Å². The number of furan rings is 1. The highest BCUT2D eigenvalue weighted by Crippen LogP contribution is 2.33. The summed E-state index contributed by atoms with van der Waals surface area (Å²) in [6.45, 7) is 5.32. The molecule has 0 aliphatic carbocycles. The van der Waals surface area contributed by atoms with Gasteiger partial charge in [-0.1, -0.05) is 12.1 Å². The number of pyridine rings is 2. The minimum absolute atomic E-state index is 0.155. The van der Waals surface area contributed by atoms with Crippen molar-refractivity contribution in [1.29, 1.82) is 0 Å². The Morgan fingerprint density at radius 1 is 0.941 bits per heavy atom. The molecule has 1 N–H and O–H groups in total. The molecule has 0 saturated carbocycles. The van der Waals surface area contributed by atoms with Gasteiger partial charge in [0, 0.05) is 43.3 Å². The van der Waals surface area contributed by atoms with E-state index < -0.39 is 0 Å². The zero-order chi connectivity index (χ0) is 23.2.